The Labute approximate surface area is 134 Å². The SMILES string of the molecule is N#Cc1ccc(NNC(=O)c2cccc(Cl)c2)c(C(F)(F)F)c1. The first-order valence-corrected chi connectivity index (χ1v) is 6.62. The molecule has 1 amide bonds. The lowest BCUT2D eigenvalue weighted by atomic mass is 10.1. The third-order valence-corrected chi connectivity index (χ3v) is 3.09. The van der Waals surface area contributed by atoms with E-state index in [1.54, 1.807) is 18.2 Å². The van der Waals surface area contributed by atoms with Crippen molar-refractivity contribution in [3.05, 3.63) is 64.2 Å². The van der Waals surface area contributed by atoms with Crippen LogP contribution in [0.2, 0.25) is 5.02 Å². The van der Waals surface area contributed by atoms with Gasteiger partial charge in [-0.1, -0.05) is 17.7 Å². The maximum absolute atomic E-state index is 13.0. The molecule has 4 nitrogen and oxygen atoms in total. The molecule has 0 aromatic heterocycles. The number of anilines is 1. The number of amides is 1. The molecule has 0 aliphatic rings. The maximum Gasteiger partial charge on any atom is 0.418 e. The van der Waals surface area contributed by atoms with Gasteiger partial charge in [0, 0.05) is 10.6 Å². The van der Waals surface area contributed by atoms with Crippen LogP contribution in [-0.4, -0.2) is 5.91 Å². The summed E-state index contributed by atoms with van der Waals surface area (Å²) in [6, 6.07) is 10.6. The molecule has 0 saturated carbocycles. The summed E-state index contributed by atoms with van der Waals surface area (Å²) in [6.45, 7) is 0. The molecule has 118 valence electrons. The van der Waals surface area contributed by atoms with Gasteiger partial charge in [0.25, 0.3) is 5.91 Å². The van der Waals surface area contributed by atoms with E-state index in [0.29, 0.717) is 11.1 Å². The average molecular weight is 340 g/mol. The van der Waals surface area contributed by atoms with Crippen LogP contribution in [0.4, 0.5) is 18.9 Å². The zero-order chi connectivity index (χ0) is 17.0. The highest BCUT2D eigenvalue weighted by Gasteiger charge is 2.34. The first-order valence-electron chi connectivity index (χ1n) is 6.24. The lowest BCUT2D eigenvalue weighted by molar-refractivity contribution is -0.137. The Morgan fingerprint density at radius 2 is 1.91 bits per heavy atom. The quantitative estimate of drug-likeness (QED) is 0.831. The van der Waals surface area contributed by atoms with E-state index in [1.807, 2.05) is 0 Å². The number of halogens is 4. The number of rotatable bonds is 3. The predicted molar refractivity (Wildman–Crippen MR) is 78.7 cm³/mol. The van der Waals surface area contributed by atoms with E-state index in [0.717, 1.165) is 6.07 Å². The third-order valence-electron chi connectivity index (χ3n) is 2.85. The Morgan fingerprint density at radius 3 is 2.52 bits per heavy atom. The number of alkyl halides is 3. The molecule has 2 N–H and O–H groups in total. The number of carbonyl (C=O) groups is 1. The monoisotopic (exact) mass is 339 g/mol. The number of hydrogen-bond acceptors (Lipinski definition) is 3. The summed E-state index contributed by atoms with van der Waals surface area (Å²) < 4.78 is 39.0. The predicted octanol–water partition coefficient (Wildman–Crippen LogP) is 3.99. The van der Waals surface area contributed by atoms with Crippen LogP contribution < -0.4 is 10.9 Å². The van der Waals surface area contributed by atoms with Gasteiger partial charge in [0.15, 0.2) is 0 Å². The molecule has 0 spiro atoms. The van der Waals surface area contributed by atoms with Crippen LogP contribution in [0.25, 0.3) is 0 Å². The number of nitrogens with zero attached hydrogens (tertiary/aromatic N) is 1. The van der Waals surface area contributed by atoms with Crippen molar-refractivity contribution in [3.63, 3.8) is 0 Å². The van der Waals surface area contributed by atoms with Crippen LogP contribution in [-0.2, 0) is 6.18 Å². The van der Waals surface area contributed by atoms with Gasteiger partial charge in [-0.05, 0) is 36.4 Å². The number of hydrazine groups is 1. The van der Waals surface area contributed by atoms with Gasteiger partial charge in [-0.3, -0.25) is 15.6 Å². The number of benzene rings is 2. The van der Waals surface area contributed by atoms with Crippen LogP contribution in [0.1, 0.15) is 21.5 Å². The highest BCUT2D eigenvalue weighted by atomic mass is 35.5. The van der Waals surface area contributed by atoms with Crippen LogP contribution in [0.15, 0.2) is 42.5 Å². The molecule has 0 saturated heterocycles. The van der Waals surface area contributed by atoms with Gasteiger partial charge in [0.05, 0.1) is 22.9 Å². The Kier molecular flexibility index (Phi) is 4.77. The van der Waals surface area contributed by atoms with Crippen molar-refractivity contribution in [2.24, 2.45) is 0 Å². The summed E-state index contributed by atoms with van der Waals surface area (Å²) in [5, 5.41) is 9.02. The van der Waals surface area contributed by atoms with Crippen molar-refractivity contribution < 1.29 is 18.0 Å². The molecule has 0 aliphatic carbocycles. The van der Waals surface area contributed by atoms with Gasteiger partial charge in [-0.15, -0.1) is 0 Å². The second kappa shape index (κ2) is 6.58. The molecular weight excluding hydrogens is 331 g/mol. The number of carbonyl (C=O) groups excluding carboxylic acids is 1. The summed E-state index contributed by atoms with van der Waals surface area (Å²) in [7, 11) is 0. The molecule has 0 aliphatic heterocycles. The highest BCUT2D eigenvalue weighted by molar-refractivity contribution is 6.30. The van der Waals surface area contributed by atoms with E-state index in [2.05, 4.69) is 10.9 Å². The van der Waals surface area contributed by atoms with Gasteiger partial charge < -0.3 is 0 Å². The van der Waals surface area contributed by atoms with E-state index in [4.69, 9.17) is 16.9 Å². The van der Waals surface area contributed by atoms with Crippen LogP contribution in [0.5, 0.6) is 0 Å². The van der Waals surface area contributed by atoms with Gasteiger partial charge >= 0.3 is 6.18 Å². The summed E-state index contributed by atoms with van der Waals surface area (Å²) in [4.78, 5) is 11.9. The first kappa shape index (κ1) is 16.6. The molecule has 2 aromatic carbocycles. The Bertz CT molecular complexity index is 784. The third kappa shape index (κ3) is 4.14. The van der Waals surface area contributed by atoms with E-state index >= 15 is 0 Å². The van der Waals surface area contributed by atoms with Crippen molar-refractivity contribution in [1.29, 1.82) is 5.26 Å². The Morgan fingerprint density at radius 1 is 1.17 bits per heavy atom. The molecule has 2 rings (SSSR count). The largest absolute Gasteiger partial charge is 0.418 e. The minimum Gasteiger partial charge on any atom is -0.298 e. The molecule has 2 aromatic rings. The van der Waals surface area contributed by atoms with Gasteiger partial charge in [-0.25, -0.2) is 0 Å². The van der Waals surface area contributed by atoms with Gasteiger partial charge in [-0.2, -0.15) is 18.4 Å². The minimum atomic E-state index is -4.67. The fourth-order valence-electron chi connectivity index (χ4n) is 1.78. The van der Waals surface area contributed by atoms with E-state index < -0.39 is 17.6 Å². The summed E-state index contributed by atoms with van der Waals surface area (Å²) in [6.07, 6.45) is -4.67. The highest BCUT2D eigenvalue weighted by Crippen LogP contribution is 2.35. The molecule has 0 unspecified atom stereocenters. The standard InChI is InChI=1S/C15H9ClF3N3O/c16-11-3-1-2-10(7-11)14(23)22-21-13-5-4-9(8-20)6-12(13)15(17,18)19/h1-7,21H,(H,22,23). The lowest BCUT2D eigenvalue weighted by Crippen LogP contribution is -2.30. The molecule has 0 fully saturated rings. The van der Waals surface area contributed by atoms with E-state index in [9.17, 15) is 18.0 Å². The molecular formula is C15H9ClF3N3O. The zero-order valence-corrected chi connectivity index (χ0v) is 12.2. The normalized spacial score (nSPS) is 10.7. The molecule has 8 heteroatoms. The smallest absolute Gasteiger partial charge is 0.298 e. The van der Waals surface area contributed by atoms with E-state index in [1.165, 1.54) is 18.2 Å². The van der Waals surface area contributed by atoms with Gasteiger partial charge in [0.1, 0.15) is 0 Å². The Balaban J connectivity index is 2.21. The molecule has 0 radical (unpaired) electrons. The van der Waals surface area contributed by atoms with Crippen molar-refractivity contribution in [2.75, 3.05) is 5.43 Å². The lowest BCUT2D eigenvalue weighted by Gasteiger charge is -2.15. The summed E-state index contributed by atoms with van der Waals surface area (Å²) in [5.41, 5.74) is 3.01. The molecule has 0 heterocycles. The summed E-state index contributed by atoms with van der Waals surface area (Å²) in [5.74, 6) is -0.648. The average Bonchev–Trinajstić information content (AvgIpc) is 2.51. The second-order valence-electron chi connectivity index (χ2n) is 4.46. The van der Waals surface area contributed by atoms with Crippen LogP contribution in [0.3, 0.4) is 0 Å². The number of hydrogen-bond donors (Lipinski definition) is 2. The fraction of sp³-hybridized carbons (Fsp3) is 0.0667. The van der Waals surface area contributed by atoms with Crippen molar-refractivity contribution >= 4 is 23.2 Å². The minimum absolute atomic E-state index is 0.135. The van der Waals surface area contributed by atoms with Crippen molar-refractivity contribution in [2.45, 2.75) is 6.18 Å². The second-order valence-corrected chi connectivity index (χ2v) is 4.90. The van der Waals surface area contributed by atoms with E-state index in [-0.39, 0.29) is 16.8 Å². The van der Waals surface area contributed by atoms with Crippen molar-refractivity contribution in [1.82, 2.24) is 5.43 Å². The fourth-order valence-corrected chi connectivity index (χ4v) is 1.97. The Hall–Kier alpha value is -2.72. The zero-order valence-electron chi connectivity index (χ0n) is 11.4. The number of nitrogens with one attached hydrogen (secondary N) is 2. The van der Waals surface area contributed by atoms with Crippen LogP contribution >= 0.6 is 11.6 Å². The topological polar surface area (TPSA) is 64.9 Å². The van der Waals surface area contributed by atoms with Gasteiger partial charge in [0.2, 0.25) is 0 Å². The molecule has 23 heavy (non-hydrogen) atoms. The first-order chi connectivity index (χ1) is 10.8. The summed E-state index contributed by atoms with van der Waals surface area (Å²) >= 11 is 5.74. The maximum atomic E-state index is 13.0. The molecule has 0 atom stereocenters. The van der Waals surface area contributed by atoms with Crippen LogP contribution in [0, 0.1) is 11.3 Å². The number of nitriles is 1. The molecule has 0 bridgehead atoms. The van der Waals surface area contributed by atoms with Crippen molar-refractivity contribution in [3.8, 4) is 6.07 Å².